The maximum Gasteiger partial charge on any atom is 0.306 e. The van der Waals surface area contributed by atoms with Gasteiger partial charge in [0.2, 0.25) is 0 Å². The number of allylic oxidation sites excluding steroid dienone is 16. The highest BCUT2D eigenvalue weighted by Crippen LogP contribution is 2.18. The molecule has 6 heteroatoms. The predicted octanol–water partition coefficient (Wildman–Crippen LogP) is 24.4. The average molecular weight is 1140 g/mol. The monoisotopic (exact) mass is 1140 g/mol. The Hall–Kier alpha value is -3.67. The van der Waals surface area contributed by atoms with Gasteiger partial charge in [0.25, 0.3) is 0 Å². The molecule has 0 heterocycles. The fraction of sp³-hybridized carbons (Fsp3) is 0.750. The van der Waals surface area contributed by atoms with Crippen LogP contribution in [0.15, 0.2) is 97.2 Å². The van der Waals surface area contributed by atoms with Crippen LogP contribution in [0.1, 0.15) is 348 Å². The van der Waals surface area contributed by atoms with E-state index in [4.69, 9.17) is 14.2 Å². The van der Waals surface area contributed by atoms with Gasteiger partial charge < -0.3 is 14.2 Å². The Kier molecular flexibility index (Phi) is 66.7. The fourth-order valence-corrected chi connectivity index (χ4v) is 10.1. The molecule has 472 valence electrons. The quantitative estimate of drug-likeness (QED) is 0.0261. The van der Waals surface area contributed by atoms with Gasteiger partial charge in [-0.2, -0.15) is 0 Å². The lowest BCUT2D eigenvalue weighted by atomic mass is 10.0. The summed E-state index contributed by atoms with van der Waals surface area (Å²) < 4.78 is 17.0. The molecule has 0 bridgehead atoms. The molecule has 0 saturated heterocycles. The van der Waals surface area contributed by atoms with Crippen LogP contribution in [0.4, 0.5) is 0 Å². The summed E-state index contributed by atoms with van der Waals surface area (Å²) in [5.41, 5.74) is 0. The third-order valence-corrected chi connectivity index (χ3v) is 15.3. The van der Waals surface area contributed by atoms with E-state index < -0.39 is 6.10 Å². The first-order valence-electron chi connectivity index (χ1n) is 35.2. The van der Waals surface area contributed by atoms with Crippen molar-refractivity contribution in [3.05, 3.63) is 97.2 Å². The molecule has 0 aromatic carbocycles. The van der Waals surface area contributed by atoms with E-state index in [-0.39, 0.29) is 31.1 Å². The highest BCUT2D eigenvalue weighted by atomic mass is 16.6. The third kappa shape index (κ3) is 67.1. The maximum atomic E-state index is 13.0. The molecule has 1 unspecified atom stereocenters. The number of carbonyl (C=O) groups is 3. The van der Waals surface area contributed by atoms with E-state index in [0.29, 0.717) is 19.3 Å². The molecule has 0 aliphatic rings. The standard InChI is InChI=1S/C76H132O6/c1-4-7-10-13-16-19-22-25-28-30-32-34-35-36-37-38-39-40-41-43-44-46-48-51-54-57-60-63-66-69-75(78)81-72-73(71-80-74(77)68-65-62-59-56-53-50-27-24-21-18-15-12-9-6-3)82-76(79)70-67-64-61-58-55-52-49-47-45-42-33-31-29-26-23-20-17-14-11-8-5-2/h7,10,15-16,18-19,24-25,27-28,32,34,36-37,39-40,73H,4-6,8-9,11-14,17,20-23,26,29-31,33,35,38,41-72H2,1-3H3/b10-7-,18-15-,19-16-,27-24-,28-25-,34-32-,37-36-,40-39-. The van der Waals surface area contributed by atoms with Gasteiger partial charge in [-0.3, -0.25) is 14.4 Å². The molecular formula is C76H132O6. The molecule has 1 atom stereocenters. The molecule has 0 rings (SSSR count). The first-order valence-corrected chi connectivity index (χ1v) is 35.2. The van der Waals surface area contributed by atoms with Crippen molar-refractivity contribution in [2.45, 2.75) is 354 Å². The van der Waals surface area contributed by atoms with Gasteiger partial charge in [-0.15, -0.1) is 0 Å². The summed E-state index contributed by atoms with van der Waals surface area (Å²) in [6, 6.07) is 0. The average Bonchev–Trinajstić information content (AvgIpc) is 3.47. The Balaban J connectivity index is 4.30. The first-order chi connectivity index (χ1) is 40.5. The van der Waals surface area contributed by atoms with Crippen LogP contribution in [0.5, 0.6) is 0 Å². The Morgan fingerprint density at radius 2 is 0.488 bits per heavy atom. The lowest BCUT2D eigenvalue weighted by Crippen LogP contribution is -2.30. The maximum absolute atomic E-state index is 13.0. The number of unbranched alkanes of at least 4 members (excludes halogenated alkanes) is 37. The van der Waals surface area contributed by atoms with Crippen LogP contribution >= 0.6 is 0 Å². The Bertz CT molecular complexity index is 1590. The second kappa shape index (κ2) is 69.8. The molecular weight excluding hydrogens is 1010 g/mol. The van der Waals surface area contributed by atoms with E-state index in [1.165, 1.54) is 193 Å². The minimum Gasteiger partial charge on any atom is -0.462 e. The SMILES string of the molecule is CC/C=C\C/C=C\C/C=C\C/C=C\C/C=C\C/C=C\CCCCCCCCCCCCC(=O)OCC(COC(=O)CCCCCCC/C=C\C/C=C\CCCC)OC(=O)CCCCCCCCCCCCCCCCCCCCCCC. The summed E-state index contributed by atoms with van der Waals surface area (Å²) >= 11 is 0. The molecule has 6 nitrogen and oxygen atoms in total. The van der Waals surface area contributed by atoms with Crippen LogP contribution in [0, 0.1) is 0 Å². The summed E-state index contributed by atoms with van der Waals surface area (Å²) in [5.74, 6) is -0.881. The minimum atomic E-state index is -0.785. The predicted molar refractivity (Wildman–Crippen MR) is 357 cm³/mol. The molecule has 0 saturated carbocycles. The second-order valence-electron chi connectivity index (χ2n) is 23.4. The summed E-state index contributed by atoms with van der Waals surface area (Å²) in [5, 5.41) is 0. The van der Waals surface area contributed by atoms with Crippen molar-refractivity contribution in [1.29, 1.82) is 0 Å². The van der Waals surface area contributed by atoms with E-state index in [0.717, 1.165) is 116 Å². The van der Waals surface area contributed by atoms with Crippen LogP contribution in [-0.2, 0) is 28.6 Å². The lowest BCUT2D eigenvalue weighted by molar-refractivity contribution is -0.167. The van der Waals surface area contributed by atoms with E-state index >= 15 is 0 Å². The summed E-state index contributed by atoms with van der Waals surface area (Å²) in [7, 11) is 0. The molecule has 0 amide bonds. The van der Waals surface area contributed by atoms with Gasteiger partial charge in [-0.25, -0.2) is 0 Å². The molecule has 0 spiro atoms. The number of hydrogen-bond donors (Lipinski definition) is 0. The van der Waals surface area contributed by atoms with Crippen molar-refractivity contribution in [1.82, 2.24) is 0 Å². The van der Waals surface area contributed by atoms with Crippen molar-refractivity contribution >= 4 is 17.9 Å². The number of carbonyl (C=O) groups excluding carboxylic acids is 3. The highest BCUT2D eigenvalue weighted by Gasteiger charge is 2.19. The van der Waals surface area contributed by atoms with E-state index in [9.17, 15) is 14.4 Å². The van der Waals surface area contributed by atoms with Gasteiger partial charge in [0.1, 0.15) is 13.2 Å². The largest absolute Gasteiger partial charge is 0.462 e. The van der Waals surface area contributed by atoms with Crippen molar-refractivity contribution in [2.75, 3.05) is 13.2 Å². The van der Waals surface area contributed by atoms with Crippen LogP contribution in [-0.4, -0.2) is 37.2 Å². The fourth-order valence-electron chi connectivity index (χ4n) is 10.1. The lowest BCUT2D eigenvalue weighted by Gasteiger charge is -2.18. The zero-order valence-corrected chi connectivity index (χ0v) is 54.2. The van der Waals surface area contributed by atoms with Gasteiger partial charge >= 0.3 is 17.9 Å². The molecule has 82 heavy (non-hydrogen) atoms. The van der Waals surface area contributed by atoms with Gasteiger partial charge in [0.15, 0.2) is 6.10 Å². The van der Waals surface area contributed by atoms with Crippen LogP contribution in [0.25, 0.3) is 0 Å². The van der Waals surface area contributed by atoms with Crippen molar-refractivity contribution in [3.63, 3.8) is 0 Å². The Morgan fingerprint density at radius 3 is 0.780 bits per heavy atom. The Labute approximate surface area is 508 Å². The molecule has 0 aliphatic heterocycles. The normalized spacial score (nSPS) is 12.7. The van der Waals surface area contributed by atoms with Crippen molar-refractivity contribution < 1.29 is 28.6 Å². The number of rotatable bonds is 64. The van der Waals surface area contributed by atoms with Crippen LogP contribution in [0.3, 0.4) is 0 Å². The molecule has 0 fully saturated rings. The van der Waals surface area contributed by atoms with Crippen LogP contribution in [0.2, 0.25) is 0 Å². The number of hydrogen-bond acceptors (Lipinski definition) is 6. The zero-order valence-electron chi connectivity index (χ0n) is 54.2. The highest BCUT2D eigenvalue weighted by molar-refractivity contribution is 5.71. The number of ether oxygens (including phenoxy) is 3. The van der Waals surface area contributed by atoms with Gasteiger partial charge in [-0.05, 0) is 96.3 Å². The molecule has 0 N–H and O–H groups in total. The van der Waals surface area contributed by atoms with Crippen LogP contribution < -0.4 is 0 Å². The molecule has 0 aromatic rings. The Morgan fingerprint density at radius 1 is 0.256 bits per heavy atom. The topological polar surface area (TPSA) is 78.9 Å². The third-order valence-electron chi connectivity index (χ3n) is 15.3. The minimum absolute atomic E-state index is 0.0812. The van der Waals surface area contributed by atoms with Gasteiger partial charge in [0.05, 0.1) is 0 Å². The summed E-state index contributed by atoms with van der Waals surface area (Å²) in [4.78, 5) is 38.4. The summed E-state index contributed by atoms with van der Waals surface area (Å²) in [6.45, 7) is 6.52. The second-order valence-corrected chi connectivity index (χ2v) is 23.4. The zero-order chi connectivity index (χ0) is 59.2. The first kappa shape index (κ1) is 78.3. The molecule has 0 aromatic heterocycles. The van der Waals surface area contributed by atoms with Gasteiger partial charge in [0, 0.05) is 19.3 Å². The molecule has 0 aliphatic carbocycles. The van der Waals surface area contributed by atoms with Gasteiger partial charge in [-0.1, -0.05) is 330 Å². The summed E-state index contributed by atoms with van der Waals surface area (Å²) in [6.07, 6.45) is 94.3. The van der Waals surface area contributed by atoms with Crippen molar-refractivity contribution in [3.8, 4) is 0 Å². The molecule has 0 radical (unpaired) electrons. The van der Waals surface area contributed by atoms with E-state index in [1.807, 2.05) is 0 Å². The smallest absolute Gasteiger partial charge is 0.306 e. The van der Waals surface area contributed by atoms with E-state index in [2.05, 4.69) is 118 Å². The van der Waals surface area contributed by atoms with Crippen molar-refractivity contribution in [2.24, 2.45) is 0 Å². The number of esters is 3. The van der Waals surface area contributed by atoms with E-state index in [1.54, 1.807) is 0 Å².